The van der Waals surface area contributed by atoms with Gasteiger partial charge in [0.15, 0.2) is 28.4 Å². The van der Waals surface area contributed by atoms with Crippen molar-refractivity contribution in [2.45, 2.75) is 29.7 Å². The number of nitrogens with two attached hydrogens (primary N) is 2. The van der Waals surface area contributed by atoms with Crippen molar-refractivity contribution in [3.63, 3.8) is 0 Å². The van der Waals surface area contributed by atoms with Gasteiger partial charge in [-0.15, -0.1) is 0 Å². The Morgan fingerprint density at radius 1 is 1.04 bits per heavy atom. The third-order valence-electron chi connectivity index (χ3n) is 8.04. The minimum atomic E-state index is -3.84. The van der Waals surface area contributed by atoms with Crippen molar-refractivity contribution in [2.24, 2.45) is 4.99 Å². The Labute approximate surface area is 263 Å². The molecular formula is C29H31ClN10O4S. The van der Waals surface area contributed by atoms with Crippen LogP contribution in [0.1, 0.15) is 39.3 Å². The van der Waals surface area contributed by atoms with E-state index in [2.05, 4.69) is 35.3 Å². The zero-order chi connectivity index (χ0) is 31.8. The van der Waals surface area contributed by atoms with E-state index in [1.165, 1.54) is 12.1 Å². The Hall–Kier alpha value is -4.73. The number of sulfonamides is 1. The molecular weight excluding hydrogens is 620 g/mol. The van der Waals surface area contributed by atoms with Crippen molar-refractivity contribution < 1.29 is 18.0 Å². The maximum absolute atomic E-state index is 13.4. The lowest BCUT2D eigenvalue weighted by Gasteiger charge is -2.39. The minimum Gasteiger partial charge on any atom is -0.382 e. The van der Waals surface area contributed by atoms with Crippen LogP contribution in [0.25, 0.3) is 10.9 Å². The highest BCUT2D eigenvalue weighted by Gasteiger charge is 2.40. The maximum atomic E-state index is 13.4. The SMILES string of the molecule is Nc1nc(N)c(C(=O)NC2=NCC3(CCN(C(=O)c4cccc(S(=O)(=O)NCCc5c[nH]c6ccccc56)c4)CC3)N2)nc1Cl. The monoisotopic (exact) mass is 650 g/mol. The van der Waals surface area contributed by atoms with Gasteiger partial charge in [0.1, 0.15) is 0 Å². The number of hydrogen-bond donors (Lipinski definition) is 6. The van der Waals surface area contributed by atoms with Crippen LogP contribution >= 0.6 is 11.6 Å². The summed E-state index contributed by atoms with van der Waals surface area (Å²) in [6, 6.07) is 13.9. The van der Waals surface area contributed by atoms with E-state index in [-0.39, 0.29) is 51.4 Å². The summed E-state index contributed by atoms with van der Waals surface area (Å²) in [5, 5.41) is 6.82. The number of nitrogen functional groups attached to an aromatic ring is 2. The molecule has 1 saturated heterocycles. The van der Waals surface area contributed by atoms with Gasteiger partial charge in [0.2, 0.25) is 10.0 Å². The van der Waals surface area contributed by atoms with Gasteiger partial charge < -0.3 is 26.7 Å². The summed E-state index contributed by atoms with van der Waals surface area (Å²) in [6.07, 6.45) is 3.52. The quantitative estimate of drug-likeness (QED) is 0.171. The molecule has 0 saturated carbocycles. The number of carbonyl (C=O) groups excluding carboxylic acids is 2. The van der Waals surface area contributed by atoms with Crippen LogP contribution in [0.2, 0.25) is 5.15 Å². The number of para-hydroxylation sites is 1. The molecule has 2 aliphatic rings. The summed E-state index contributed by atoms with van der Waals surface area (Å²) in [5.74, 6) is -0.885. The highest BCUT2D eigenvalue weighted by molar-refractivity contribution is 7.89. The zero-order valence-electron chi connectivity index (χ0n) is 24.0. The van der Waals surface area contributed by atoms with Crippen LogP contribution in [0.3, 0.4) is 0 Å². The van der Waals surface area contributed by atoms with Crippen molar-refractivity contribution in [1.82, 2.24) is 35.2 Å². The normalized spacial score (nSPS) is 16.0. The van der Waals surface area contributed by atoms with Crippen LogP contribution in [0.5, 0.6) is 0 Å². The molecule has 14 nitrogen and oxygen atoms in total. The van der Waals surface area contributed by atoms with Gasteiger partial charge in [0.05, 0.1) is 17.0 Å². The largest absolute Gasteiger partial charge is 0.382 e. The number of halogens is 1. The number of aromatic nitrogens is 3. The van der Waals surface area contributed by atoms with Gasteiger partial charge >= 0.3 is 0 Å². The van der Waals surface area contributed by atoms with E-state index in [0.717, 1.165) is 16.5 Å². The number of fused-ring (bicyclic) bond motifs is 1. The van der Waals surface area contributed by atoms with Crippen LogP contribution in [-0.2, 0) is 16.4 Å². The number of anilines is 2. The van der Waals surface area contributed by atoms with Gasteiger partial charge in [0.25, 0.3) is 11.8 Å². The summed E-state index contributed by atoms with van der Waals surface area (Å²) >= 11 is 5.88. The van der Waals surface area contributed by atoms with Crippen molar-refractivity contribution in [3.05, 3.63) is 76.7 Å². The summed E-state index contributed by atoms with van der Waals surface area (Å²) in [6.45, 7) is 1.43. The van der Waals surface area contributed by atoms with E-state index in [4.69, 9.17) is 23.1 Å². The van der Waals surface area contributed by atoms with E-state index in [1.54, 1.807) is 17.0 Å². The Kier molecular flexibility index (Phi) is 8.07. The predicted octanol–water partition coefficient (Wildman–Crippen LogP) is 1.66. The lowest BCUT2D eigenvalue weighted by molar-refractivity contribution is 0.0668. The fourth-order valence-corrected chi connectivity index (χ4v) is 6.75. The molecule has 0 aliphatic carbocycles. The van der Waals surface area contributed by atoms with Crippen LogP contribution in [0.4, 0.5) is 11.6 Å². The fraction of sp³-hybridized carbons (Fsp3) is 0.276. The molecule has 45 heavy (non-hydrogen) atoms. The van der Waals surface area contributed by atoms with Crippen molar-refractivity contribution >= 4 is 61.9 Å². The third-order valence-corrected chi connectivity index (χ3v) is 9.77. The second-order valence-corrected chi connectivity index (χ2v) is 13.1. The molecule has 8 N–H and O–H groups in total. The minimum absolute atomic E-state index is 0.0275. The Bertz CT molecular complexity index is 1940. The fourth-order valence-electron chi connectivity index (χ4n) is 5.55. The first kappa shape index (κ1) is 30.3. The van der Waals surface area contributed by atoms with Crippen molar-refractivity contribution in [2.75, 3.05) is 37.6 Å². The lowest BCUT2D eigenvalue weighted by atomic mass is 9.88. The second kappa shape index (κ2) is 12.0. The average Bonchev–Trinajstić information content (AvgIpc) is 3.62. The molecule has 0 bridgehead atoms. The number of piperidine rings is 1. The number of hydrogen-bond acceptors (Lipinski definition) is 10. The first-order valence-electron chi connectivity index (χ1n) is 14.2. The number of nitrogens with one attached hydrogen (secondary N) is 4. The number of carbonyl (C=O) groups is 2. The zero-order valence-corrected chi connectivity index (χ0v) is 25.6. The molecule has 0 radical (unpaired) electrons. The average molecular weight is 651 g/mol. The molecule has 6 rings (SSSR count). The number of amides is 2. The number of rotatable bonds is 7. The summed E-state index contributed by atoms with van der Waals surface area (Å²) < 4.78 is 28.8. The number of H-pyrrole nitrogens is 1. The number of guanidine groups is 1. The smallest absolute Gasteiger partial charge is 0.280 e. The Morgan fingerprint density at radius 2 is 1.82 bits per heavy atom. The van der Waals surface area contributed by atoms with Gasteiger partial charge in [0, 0.05) is 42.3 Å². The summed E-state index contributed by atoms with van der Waals surface area (Å²) in [5.41, 5.74) is 13.0. The number of aromatic amines is 1. The molecule has 4 aromatic rings. The summed E-state index contributed by atoms with van der Waals surface area (Å²) in [7, 11) is -3.84. The maximum Gasteiger partial charge on any atom is 0.280 e. The van der Waals surface area contributed by atoms with Gasteiger partial charge in [-0.2, -0.15) is 0 Å². The number of benzene rings is 2. The molecule has 0 atom stereocenters. The Morgan fingerprint density at radius 3 is 2.62 bits per heavy atom. The molecule has 2 aromatic carbocycles. The number of aliphatic imine (C=N–C) groups is 1. The predicted molar refractivity (Wildman–Crippen MR) is 170 cm³/mol. The van der Waals surface area contributed by atoms with Gasteiger partial charge in [-0.1, -0.05) is 35.9 Å². The Balaban J connectivity index is 1.03. The molecule has 2 aliphatic heterocycles. The van der Waals surface area contributed by atoms with E-state index < -0.39 is 21.5 Å². The van der Waals surface area contributed by atoms with Crippen LogP contribution in [-0.4, -0.2) is 77.8 Å². The molecule has 1 spiro atoms. The van der Waals surface area contributed by atoms with E-state index in [9.17, 15) is 18.0 Å². The third kappa shape index (κ3) is 6.27. The van der Waals surface area contributed by atoms with Gasteiger partial charge in [-0.05, 0) is 49.1 Å². The standard InChI is InChI=1S/C29H31ClN10O4S/c30-23-25(32)37-24(31)22(36-23)26(41)38-28-34-16-29(39-28)9-12-40(13-10-29)27(42)17-4-3-5-19(14-17)45(43,44)35-11-8-18-15-33-21-7-2-1-6-20(18)21/h1-7,14-15,33,35H,8-13,16H2,(H4,31,32,37)(H2,34,38,39,41). The highest BCUT2D eigenvalue weighted by Crippen LogP contribution is 2.27. The van der Waals surface area contributed by atoms with E-state index >= 15 is 0 Å². The van der Waals surface area contributed by atoms with Crippen LogP contribution < -0.4 is 26.8 Å². The molecule has 234 valence electrons. The topological polar surface area (TPSA) is 214 Å². The molecule has 16 heteroatoms. The molecule has 0 unspecified atom stereocenters. The second-order valence-electron chi connectivity index (χ2n) is 11.0. The first-order valence-corrected chi connectivity index (χ1v) is 16.1. The molecule has 4 heterocycles. The first-order chi connectivity index (χ1) is 21.5. The molecule has 1 fully saturated rings. The van der Waals surface area contributed by atoms with Crippen LogP contribution in [0, 0.1) is 0 Å². The van der Waals surface area contributed by atoms with Gasteiger partial charge in [-0.3, -0.25) is 19.9 Å². The van der Waals surface area contributed by atoms with Gasteiger partial charge in [-0.25, -0.2) is 23.1 Å². The van der Waals surface area contributed by atoms with Crippen molar-refractivity contribution in [1.29, 1.82) is 0 Å². The van der Waals surface area contributed by atoms with Crippen molar-refractivity contribution in [3.8, 4) is 0 Å². The van der Waals surface area contributed by atoms with E-state index in [0.29, 0.717) is 38.9 Å². The molecule has 2 amide bonds. The number of nitrogens with zero attached hydrogens (tertiary/aromatic N) is 4. The van der Waals surface area contributed by atoms with E-state index in [1.807, 2.05) is 30.5 Å². The number of likely N-dealkylation sites (tertiary alicyclic amines) is 1. The molecule has 2 aromatic heterocycles. The lowest BCUT2D eigenvalue weighted by Crippen LogP contribution is -2.57. The summed E-state index contributed by atoms with van der Waals surface area (Å²) in [4.78, 5) is 43.1. The van der Waals surface area contributed by atoms with Crippen LogP contribution in [0.15, 0.2) is 64.6 Å². The highest BCUT2D eigenvalue weighted by atomic mass is 35.5.